The molecule has 31 heavy (non-hydrogen) atoms. The summed E-state index contributed by atoms with van der Waals surface area (Å²) in [6.45, 7) is 0.457. The van der Waals surface area contributed by atoms with Crippen LogP contribution >= 0.6 is 0 Å². The zero-order valence-corrected chi connectivity index (χ0v) is 17.1. The fraction of sp³-hybridized carbons (Fsp3) is 0.250. The number of carbonyl (C=O) groups is 2. The van der Waals surface area contributed by atoms with Gasteiger partial charge in [0, 0.05) is 18.2 Å². The molecular formula is C24H23FN2O4. The molecule has 4 rings (SSSR count). The lowest BCUT2D eigenvalue weighted by Gasteiger charge is -2.23. The van der Waals surface area contributed by atoms with Crippen molar-refractivity contribution in [2.24, 2.45) is 0 Å². The molecule has 2 amide bonds. The standard InChI is InChI=1S/C24H23FN2O4/c1-30-22-11-8-18(25)13-21(22)24(29)27(15-20-3-2-12-31-20)14-16-4-6-17(7-5-16)23(28)26-19-9-10-19/h2-8,11-13,19H,9-10,14-15H2,1H3,(H,26,28). The molecule has 1 fully saturated rings. The maximum atomic E-state index is 13.8. The van der Waals surface area contributed by atoms with E-state index in [4.69, 9.17) is 9.15 Å². The van der Waals surface area contributed by atoms with Crippen LogP contribution in [0.5, 0.6) is 5.75 Å². The Morgan fingerprint density at radius 2 is 1.90 bits per heavy atom. The lowest BCUT2D eigenvalue weighted by Crippen LogP contribution is -2.30. The van der Waals surface area contributed by atoms with E-state index in [9.17, 15) is 14.0 Å². The van der Waals surface area contributed by atoms with Gasteiger partial charge in [0.1, 0.15) is 17.3 Å². The van der Waals surface area contributed by atoms with Crippen LogP contribution in [0.3, 0.4) is 0 Å². The van der Waals surface area contributed by atoms with Crippen molar-refractivity contribution in [2.75, 3.05) is 7.11 Å². The Balaban J connectivity index is 1.56. The number of carbonyl (C=O) groups excluding carboxylic acids is 2. The summed E-state index contributed by atoms with van der Waals surface area (Å²) in [7, 11) is 1.44. The third kappa shape index (κ3) is 5.12. The van der Waals surface area contributed by atoms with Gasteiger partial charge in [-0.1, -0.05) is 12.1 Å². The Hall–Kier alpha value is -3.61. The van der Waals surface area contributed by atoms with Crippen molar-refractivity contribution in [3.05, 3.63) is 89.1 Å². The van der Waals surface area contributed by atoms with Gasteiger partial charge < -0.3 is 19.4 Å². The molecule has 1 aromatic heterocycles. The average Bonchev–Trinajstić information content (AvgIpc) is 3.44. The van der Waals surface area contributed by atoms with Gasteiger partial charge in [0.2, 0.25) is 0 Å². The summed E-state index contributed by atoms with van der Waals surface area (Å²) in [5.41, 5.74) is 1.54. The van der Waals surface area contributed by atoms with Crippen LogP contribution in [0.25, 0.3) is 0 Å². The van der Waals surface area contributed by atoms with Gasteiger partial charge in [0.25, 0.3) is 11.8 Å². The van der Waals surface area contributed by atoms with Crippen molar-refractivity contribution in [1.29, 1.82) is 0 Å². The fourth-order valence-electron chi connectivity index (χ4n) is 3.29. The van der Waals surface area contributed by atoms with Crippen molar-refractivity contribution in [1.82, 2.24) is 10.2 Å². The number of halogens is 1. The minimum Gasteiger partial charge on any atom is -0.496 e. The highest BCUT2D eigenvalue weighted by atomic mass is 19.1. The predicted molar refractivity (Wildman–Crippen MR) is 112 cm³/mol. The molecule has 6 nitrogen and oxygen atoms in total. The SMILES string of the molecule is COc1ccc(F)cc1C(=O)N(Cc1ccc(C(=O)NC2CC2)cc1)Cc1ccco1. The molecule has 1 N–H and O–H groups in total. The van der Waals surface area contributed by atoms with Crippen molar-refractivity contribution in [2.45, 2.75) is 32.0 Å². The number of furan rings is 1. The Bertz CT molecular complexity index is 1060. The summed E-state index contributed by atoms with van der Waals surface area (Å²) in [4.78, 5) is 27.0. The molecule has 3 aromatic rings. The predicted octanol–water partition coefficient (Wildman–Crippen LogP) is 4.16. The largest absolute Gasteiger partial charge is 0.496 e. The number of hydrogen-bond acceptors (Lipinski definition) is 4. The van der Waals surface area contributed by atoms with Gasteiger partial charge in [0.05, 0.1) is 25.5 Å². The molecule has 1 aliphatic rings. The minimum absolute atomic E-state index is 0.0953. The van der Waals surface area contributed by atoms with Gasteiger partial charge >= 0.3 is 0 Å². The van der Waals surface area contributed by atoms with Crippen LogP contribution in [0, 0.1) is 5.82 Å². The van der Waals surface area contributed by atoms with Crippen molar-refractivity contribution in [3.8, 4) is 5.75 Å². The molecule has 0 saturated heterocycles. The molecule has 160 valence electrons. The van der Waals surface area contributed by atoms with E-state index in [0.717, 1.165) is 18.4 Å². The summed E-state index contributed by atoms with van der Waals surface area (Å²) < 4.78 is 24.5. The zero-order valence-electron chi connectivity index (χ0n) is 17.1. The highest BCUT2D eigenvalue weighted by molar-refractivity contribution is 5.97. The maximum Gasteiger partial charge on any atom is 0.258 e. The molecule has 0 unspecified atom stereocenters. The molecule has 0 radical (unpaired) electrons. The second-order valence-corrected chi connectivity index (χ2v) is 7.53. The van der Waals surface area contributed by atoms with E-state index in [-0.39, 0.29) is 36.5 Å². The number of amides is 2. The first-order valence-corrected chi connectivity index (χ1v) is 10.1. The third-order valence-electron chi connectivity index (χ3n) is 5.11. The first-order chi connectivity index (χ1) is 15.0. The summed E-state index contributed by atoms with van der Waals surface area (Å²) in [5.74, 6) is -0.106. The zero-order chi connectivity index (χ0) is 21.8. The van der Waals surface area contributed by atoms with Crippen LogP contribution in [-0.4, -0.2) is 29.9 Å². The lowest BCUT2D eigenvalue weighted by molar-refractivity contribution is 0.0713. The van der Waals surface area contributed by atoms with Crippen molar-refractivity contribution >= 4 is 11.8 Å². The molecule has 1 heterocycles. The Labute approximate surface area is 179 Å². The molecule has 0 aliphatic heterocycles. The highest BCUT2D eigenvalue weighted by Crippen LogP contribution is 2.24. The van der Waals surface area contributed by atoms with E-state index in [1.54, 1.807) is 29.2 Å². The van der Waals surface area contributed by atoms with Crippen LogP contribution in [-0.2, 0) is 13.1 Å². The van der Waals surface area contributed by atoms with Gasteiger partial charge in [-0.25, -0.2) is 4.39 Å². The summed E-state index contributed by atoms with van der Waals surface area (Å²) >= 11 is 0. The van der Waals surface area contributed by atoms with Gasteiger partial charge in [-0.15, -0.1) is 0 Å². The van der Waals surface area contributed by atoms with Gasteiger partial charge in [-0.3, -0.25) is 9.59 Å². The molecule has 0 spiro atoms. The van der Waals surface area contributed by atoms with E-state index in [1.165, 1.54) is 31.6 Å². The number of methoxy groups -OCH3 is 1. The number of hydrogen-bond donors (Lipinski definition) is 1. The Morgan fingerprint density at radius 1 is 1.13 bits per heavy atom. The van der Waals surface area contributed by atoms with Gasteiger partial charge in [-0.05, 0) is 60.9 Å². The number of nitrogens with one attached hydrogen (secondary N) is 1. The monoisotopic (exact) mass is 422 g/mol. The molecule has 0 atom stereocenters. The van der Waals surface area contributed by atoms with Gasteiger partial charge in [0.15, 0.2) is 0 Å². The van der Waals surface area contributed by atoms with E-state index in [1.807, 2.05) is 12.1 Å². The van der Waals surface area contributed by atoms with Crippen molar-refractivity contribution < 1.29 is 23.1 Å². The molecular weight excluding hydrogens is 399 g/mol. The fourth-order valence-corrected chi connectivity index (χ4v) is 3.29. The van der Waals surface area contributed by atoms with Crippen LogP contribution in [0.2, 0.25) is 0 Å². The van der Waals surface area contributed by atoms with Crippen LogP contribution in [0.4, 0.5) is 4.39 Å². The second kappa shape index (κ2) is 9.04. The topological polar surface area (TPSA) is 71.8 Å². The third-order valence-corrected chi connectivity index (χ3v) is 5.11. The average molecular weight is 422 g/mol. The first kappa shape index (κ1) is 20.7. The highest BCUT2D eigenvalue weighted by Gasteiger charge is 2.24. The Kier molecular flexibility index (Phi) is 6.02. The minimum atomic E-state index is -0.520. The molecule has 2 aromatic carbocycles. The van der Waals surface area contributed by atoms with Crippen LogP contribution < -0.4 is 10.1 Å². The summed E-state index contributed by atoms with van der Waals surface area (Å²) in [5, 5.41) is 2.95. The molecule has 0 bridgehead atoms. The molecule has 1 aliphatic carbocycles. The second-order valence-electron chi connectivity index (χ2n) is 7.53. The molecule has 1 saturated carbocycles. The van der Waals surface area contributed by atoms with E-state index < -0.39 is 5.82 Å². The Morgan fingerprint density at radius 3 is 2.55 bits per heavy atom. The van der Waals surface area contributed by atoms with E-state index >= 15 is 0 Å². The van der Waals surface area contributed by atoms with E-state index in [0.29, 0.717) is 17.1 Å². The first-order valence-electron chi connectivity index (χ1n) is 10.1. The van der Waals surface area contributed by atoms with Gasteiger partial charge in [-0.2, -0.15) is 0 Å². The number of rotatable bonds is 8. The summed E-state index contributed by atoms with van der Waals surface area (Å²) in [6, 6.07) is 14.8. The van der Waals surface area contributed by atoms with E-state index in [2.05, 4.69) is 5.32 Å². The number of nitrogens with zero attached hydrogens (tertiary/aromatic N) is 1. The quantitative estimate of drug-likeness (QED) is 0.592. The number of benzene rings is 2. The van der Waals surface area contributed by atoms with Crippen LogP contribution in [0.1, 0.15) is 44.9 Å². The summed E-state index contributed by atoms with van der Waals surface area (Å²) in [6.07, 6.45) is 3.59. The number of ether oxygens (including phenoxy) is 1. The maximum absolute atomic E-state index is 13.8. The lowest BCUT2D eigenvalue weighted by atomic mass is 10.1. The smallest absolute Gasteiger partial charge is 0.258 e. The normalized spacial score (nSPS) is 13.0. The van der Waals surface area contributed by atoms with Crippen LogP contribution in [0.15, 0.2) is 65.3 Å². The molecule has 7 heteroatoms. The van der Waals surface area contributed by atoms with Crippen molar-refractivity contribution in [3.63, 3.8) is 0 Å².